The highest BCUT2D eigenvalue weighted by molar-refractivity contribution is 14.0. The van der Waals surface area contributed by atoms with Gasteiger partial charge < -0.3 is 20.4 Å². The van der Waals surface area contributed by atoms with E-state index in [1.54, 1.807) is 38.2 Å². The Morgan fingerprint density at radius 1 is 1.16 bits per heavy atom. The molecule has 168 valence electrons. The van der Waals surface area contributed by atoms with E-state index in [1.165, 1.54) is 23.1 Å². The number of aliphatic imine (C=N–C) groups is 1. The summed E-state index contributed by atoms with van der Waals surface area (Å²) < 4.78 is 28.1. The van der Waals surface area contributed by atoms with Crippen LogP contribution in [0.4, 0.5) is 14.5 Å². The monoisotopic (exact) mass is 543 g/mol. The first-order chi connectivity index (χ1) is 14.4. The van der Waals surface area contributed by atoms with Gasteiger partial charge in [-0.15, -0.1) is 24.0 Å². The second-order valence-corrected chi connectivity index (χ2v) is 7.47. The molecule has 2 aromatic carbocycles. The maximum Gasteiger partial charge on any atom is 0.253 e. The minimum Gasteiger partial charge on any atom is -0.365 e. The molecule has 9 heteroatoms. The van der Waals surface area contributed by atoms with Crippen molar-refractivity contribution in [3.8, 4) is 0 Å². The van der Waals surface area contributed by atoms with Gasteiger partial charge >= 0.3 is 0 Å². The van der Waals surface area contributed by atoms with Crippen LogP contribution in [0.25, 0.3) is 0 Å². The summed E-state index contributed by atoms with van der Waals surface area (Å²) in [5.41, 5.74) is 1.67. The summed E-state index contributed by atoms with van der Waals surface area (Å²) >= 11 is 0. The summed E-state index contributed by atoms with van der Waals surface area (Å²) in [7, 11) is 5.12. The van der Waals surface area contributed by atoms with Crippen LogP contribution < -0.4 is 15.5 Å². The molecule has 1 atom stereocenters. The third-order valence-electron chi connectivity index (χ3n) is 5.07. The van der Waals surface area contributed by atoms with E-state index >= 15 is 0 Å². The largest absolute Gasteiger partial charge is 0.365 e. The smallest absolute Gasteiger partial charge is 0.253 e. The summed E-state index contributed by atoms with van der Waals surface area (Å²) in [6, 6.07) is 11.3. The van der Waals surface area contributed by atoms with Gasteiger partial charge in [-0.3, -0.25) is 9.79 Å². The minimum absolute atomic E-state index is 0. The minimum atomic E-state index is -0.547. The number of rotatable bonds is 5. The molecule has 2 N–H and O–H groups in total. The number of carbonyl (C=O) groups excluding carboxylic acids is 1. The van der Waals surface area contributed by atoms with Crippen molar-refractivity contribution < 1.29 is 13.6 Å². The molecular formula is C22H28F2IN5O. The first-order valence-corrected chi connectivity index (χ1v) is 9.85. The molecular weight excluding hydrogens is 515 g/mol. The molecule has 1 aliphatic rings. The zero-order valence-electron chi connectivity index (χ0n) is 17.9. The van der Waals surface area contributed by atoms with Gasteiger partial charge in [-0.1, -0.05) is 18.2 Å². The highest BCUT2D eigenvalue weighted by Crippen LogP contribution is 2.26. The van der Waals surface area contributed by atoms with E-state index in [9.17, 15) is 13.6 Å². The second-order valence-electron chi connectivity index (χ2n) is 7.47. The zero-order valence-corrected chi connectivity index (χ0v) is 20.2. The summed E-state index contributed by atoms with van der Waals surface area (Å²) in [4.78, 5) is 19.5. The summed E-state index contributed by atoms with van der Waals surface area (Å²) in [5.74, 6) is -0.517. The number of amides is 1. The van der Waals surface area contributed by atoms with Gasteiger partial charge in [-0.05, 0) is 36.2 Å². The Hall–Kier alpha value is -2.43. The number of hydrogen-bond donors (Lipinski definition) is 2. The predicted molar refractivity (Wildman–Crippen MR) is 130 cm³/mol. The van der Waals surface area contributed by atoms with Crippen LogP contribution in [0, 0.1) is 11.6 Å². The van der Waals surface area contributed by atoms with Crippen LogP contribution in [0.1, 0.15) is 22.3 Å². The fraction of sp³-hybridized carbons (Fsp3) is 0.364. The van der Waals surface area contributed by atoms with Gasteiger partial charge in [0.05, 0.1) is 0 Å². The normalized spacial score (nSPS) is 16.0. The standard InChI is InChI=1S/C22H27F2N5O.HI/c1-25-22(26-13-15-7-9-16(10-8-15)21(30)28(2)3)27-17-11-12-29(14-17)20-18(23)5-4-6-19(20)24;/h4-10,17H,11-14H2,1-3H3,(H2,25,26,27);1H. The summed E-state index contributed by atoms with van der Waals surface area (Å²) in [5, 5.41) is 6.55. The molecule has 1 aliphatic heterocycles. The molecule has 6 nitrogen and oxygen atoms in total. The third-order valence-corrected chi connectivity index (χ3v) is 5.07. The molecule has 0 spiro atoms. The number of benzene rings is 2. The highest BCUT2D eigenvalue weighted by atomic mass is 127. The lowest BCUT2D eigenvalue weighted by atomic mass is 10.1. The molecule has 1 unspecified atom stereocenters. The Kier molecular flexibility index (Phi) is 9.02. The van der Waals surface area contributed by atoms with Crippen LogP contribution in [0.2, 0.25) is 0 Å². The summed E-state index contributed by atoms with van der Waals surface area (Å²) in [6.07, 6.45) is 0.746. The van der Waals surface area contributed by atoms with Gasteiger partial charge in [0.2, 0.25) is 0 Å². The van der Waals surface area contributed by atoms with E-state index in [0.717, 1.165) is 12.0 Å². The number of carbonyl (C=O) groups is 1. The van der Waals surface area contributed by atoms with Crippen LogP contribution in [0.5, 0.6) is 0 Å². The van der Waals surface area contributed by atoms with Crippen molar-refractivity contribution in [3.05, 3.63) is 65.2 Å². The maximum atomic E-state index is 14.0. The molecule has 0 saturated carbocycles. The maximum absolute atomic E-state index is 14.0. The molecule has 0 radical (unpaired) electrons. The Labute approximate surface area is 198 Å². The molecule has 2 aromatic rings. The molecule has 0 bridgehead atoms. The van der Waals surface area contributed by atoms with Crippen LogP contribution >= 0.6 is 24.0 Å². The first kappa shape index (κ1) is 24.8. The SMILES string of the molecule is CN=C(NCc1ccc(C(=O)N(C)C)cc1)NC1CCN(c2c(F)cccc2F)C1.I. The number of anilines is 1. The average molecular weight is 543 g/mol. The van der Waals surface area contributed by atoms with Gasteiger partial charge in [0, 0.05) is 52.4 Å². The number of para-hydroxylation sites is 1. The molecule has 1 fully saturated rings. The van der Waals surface area contributed by atoms with Gasteiger partial charge in [0.25, 0.3) is 5.91 Å². The van der Waals surface area contributed by atoms with Gasteiger partial charge in [0.15, 0.2) is 5.96 Å². The van der Waals surface area contributed by atoms with Crippen molar-refractivity contribution in [3.63, 3.8) is 0 Å². The number of nitrogens with one attached hydrogen (secondary N) is 2. The Balaban J connectivity index is 0.00000341. The van der Waals surface area contributed by atoms with Crippen LogP contribution in [0.15, 0.2) is 47.5 Å². The molecule has 1 saturated heterocycles. The van der Waals surface area contributed by atoms with E-state index in [1.807, 2.05) is 12.1 Å². The predicted octanol–water partition coefficient (Wildman–Crippen LogP) is 3.23. The fourth-order valence-electron chi connectivity index (χ4n) is 3.47. The molecule has 1 heterocycles. The quantitative estimate of drug-likeness (QED) is 0.346. The van der Waals surface area contributed by atoms with E-state index in [2.05, 4.69) is 15.6 Å². The number of hydrogen-bond acceptors (Lipinski definition) is 3. The Bertz CT molecular complexity index is 900. The molecule has 3 rings (SSSR count). The average Bonchev–Trinajstić information content (AvgIpc) is 3.18. The van der Waals surface area contributed by atoms with E-state index < -0.39 is 11.6 Å². The number of guanidine groups is 1. The van der Waals surface area contributed by atoms with Crippen molar-refractivity contribution in [1.29, 1.82) is 0 Å². The zero-order chi connectivity index (χ0) is 21.7. The van der Waals surface area contributed by atoms with E-state index in [0.29, 0.717) is 31.2 Å². The van der Waals surface area contributed by atoms with Crippen molar-refractivity contribution in [2.45, 2.75) is 19.0 Å². The lowest BCUT2D eigenvalue weighted by Gasteiger charge is -2.21. The third kappa shape index (κ3) is 6.28. The van der Waals surface area contributed by atoms with Crippen molar-refractivity contribution in [2.24, 2.45) is 4.99 Å². The lowest BCUT2D eigenvalue weighted by molar-refractivity contribution is 0.0827. The molecule has 1 amide bonds. The number of halogens is 3. The fourth-order valence-corrected chi connectivity index (χ4v) is 3.47. The molecule has 0 aromatic heterocycles. The van der Waals surface area contributed by atoms with Crippen molar-refractivity contribution >= 4 is 41.5 Å². The topological polar surface area (TPSA) is 60.0 Å². The second kappa shape index (κ2) is 11.3. The van der Waals surface area contributed by atoms with Crippen LogP contribution in [0.3, 0.4) is 0 Å². The van der Waals surface area contributed by atoms with E-state index in [4.69, 9.17) is 0 Å². The Morgan fingerprint density at radius 3 is 2.39 bits per heavy atom. The van der Waals surface area contributed by atoms with Gasteiger partial charge in [-0.25, -0.2) is 8.78 Å². The van der Waals surface area contributed by atoms with Crippen molar-refractivity contribution in [2.75, 3.05) is 39.1 Å². The number of nitrogens with zero attached hydrogens (tertiary/aromatic N) is 3. The van der Waals surface area contributed by atoms with Crippen LogP contribution in [-0.4, -0.2) is 57.0 Å². The van der Waals surface area contributed by atoms with Crippen LogP contribution in [-0.2, 0) is 6.54 Å². The van der Waals surface area contributed by atoms with Gasteiger partial charge in [0.1, 0.15) is 17.3 Å². The van der Waals surface area contributed by atoms with E-state index in [-0.39, 0.29) is 41.6 Å². The first-order valence-electron chi connectivity index (χ1n) is 9.85. The lowest BCUT2D eigenvalue weighted by Crippen LogP contribution is -2.44. The molecule has 0 aliphatic carbocycles. The summed E-state index contributed by atoms with van der Waals surface area (Å²) in [6.45, 7) is 1.59. The Morgan fingerprint density at radius 2 is 1.81 bits per heavy atom. The van der Waals surface area contributed by atoms with Gasteiger partial charge in [-0.2, -0.15) is 0 Å². The highest BCUT2D eigenvalue weighted by Gasteiger charge is 2.27. The van der Waals surface area contributed by atoms with Crippen molar-refractivity contribution in [1.82, 2.24) is 15.5 Å². The molecule has 31 heavy (non-hydrogen) atoms.